The Morgan fingerprint density at radius 3 is 2.27 bits per heavy atom. The number of nitrogens with one attached hydrogen (secondary N) is 1. The molecule has 0 aromatic carbocycles. The third-order valence-corrected chi connectivity index (χ3v) is 3.87. The Kier molecular flexibility index (Phi) is 3.24. The van der Waals surface area contributed by atoms with E-state index in [1.54, 1.807) is 0 Å². The second kappa shape index (κ2) is 4.32. The largest absolute Gasteiger partial charge is 0.391 e. The number of alkyl halides is 3. The molecule has 88 valence electrons. The van der Waals surface area contributed by atoms with Crippen molar-refractivity contribution in [1.29, 1.82) is 0 Å². The molecule has 2 rings (SSSR count). The smallest absolute Gasteiger partial charge is 0.314 e. The predicted octanol–water partition coefficient (Wildman–Crippen LogP) is 3.11. The number of hydrogen-bond acceptors (Lipinski definition) is 1. The summed E-state index contributed by atoms with van der Waals surface area (Å²) in [6, 6.07) is 0.118. The third kappa shape index (κ3) is 2.65. The summed E-state index contributed by atoms with van der Waals surface area (Å²) >= 11 is 0. The number of rotatable bonds is 1. The Bertz CT molecular complexity index is 208. The average Bonchev–Trinajstić information content (AvgIpc) is 2.69. The summed E-state index contributed by atoms with van der Waals surface area (Å²) in [5.41, 5.74) is 0. The lowest BCUT2D eigenvalue weighted by atomic mass is 9.84. The molecule has 0 amide bonds. The lowest BCUT2D eigenvalue weighted by Crippen LogP contribution is -2.45. The van der Waals surface area contributed by atoms with Gasteiger partial charge in [0.05, 0.1) is 5.92 Å². The molecule has 1 aliphatic carbocycles. The van der Waals surface area contributed by atoms with Crippen molar-refractivity contribution in [2.24, 2.45) is 11.8 Å². The first kappa shape index (κ1) is 11.2. The first-order chi connectivity index (χ1) is 7.07. The Balaban J connectivity index is 1.92. The molecule has 4 heteroatoms. The van der Waals surface area contributed by atoms with E-state index >= 15 is 0 Å². The van der Waals surface area contributed by atoms with Gasteiger partial charge >= 0.3 is 6.18 Å². The molecule has 1 nitrogen and oxygen atoms in total. The second-order valence-corrected chi connectivity index (χ2v) is 4.87. The standard InChI is InChI=1S/C11H18F3N/c12-11(13,14)9-5-6-15-10(7-9)8-3-1-2-4-8/h8-10,15H,1-7H2. The third-order valence-electron chi connectivity index (χ3n) is 3.87. The fourth-order valence-corrected chi connectivity index (χ4v) is 2.97. The molecule has 2 unspecified atom stereocenters. The average molecular weight is 221 g/mol. The van der Waals surface area contributed by atoms with Crippen LogP contribution in [0.3, 0.4) is 0 Å². The van der Waals surface area contributed by atoms with Crippen LogP contribution in [0, 0.1) is 11.8 Å². The van der Waals surface area contributed by atoms with Crippen LogP contribution < -0.4 is 5.32 Å². The van der Waals surface area contributed by atoms with Crippen molar-refractivity contribution in [3.63, 3.8) is 0 Å². The molecule has 0 spiro atoms. The molecular weight excluding hydrogens is 203 g/mol. The van der Waals surface area contributed by atoms with Gasteiger partial charge in [0, 0.05) is 6.04 Å². The highest BCUT2D eigenvalue weighted by atomic mass is 19.4. The summed E-state index contributed by atoms with van der Waals surface area (Å²) < 4.78 is 37.7. The van der Waals surface area contributed by atoms with E-state index in [1.807, 2.05) is 0 Å². The molecule has 1 saturated carbocycles. The Hall–Kier alpha value is -0.250. The van der Waals surface area contributed by atoms with Gasteiger partial charge in [0.1, 0.15) is 0 Å². The molecule has 0 aromatic heterocycles. The highest BCUT2D eigenvalue weighted by Crippen LogP contribution is 2.38. The number of hydrogen-bond donors (Lipinski definition) is 1. The summed E-state index contributed by atoms with van der Waals surface area (Å²) in [6.45, 7) is 0.533. The van der Waals surface area contributed by atoms with Crippen LogP contribution >= 0.6 is 0 Å². The van der Waals surface area contributed by atoms with Crippen LogP contribution in [0.4, 0.5) is 13.2 Å². The maximum Gasteiger partial charge on any atom is 0.391 e. The molecule has 1 heterocycles. The van der Waals surface area contributed by atoms with Crippen LogP contribution in [0.25, 0.3) is 0 Å². The monoisotopic (exact) mass is 221 g/mol. The van der Waals surface area contributed by atoms with Gasteiger partial charge in [-0.15, -0.1) is 0 Å². The van der Waals surface area contributed by atoms with Crippen LogP contribution in [0.1, 0.15) is 38.5 Å². The van der Waals surface area contributed by atoms with E-state index in [4.69, 9.17) is 0 Å². The minimum atomic E-state index is -3.99. The van der Waals surface area contributed by atoms with Gasteiger partial charge in [0.2, 0.25) is 0 Å². The maximum atomic E-state index is 12.6. The first-order valence-electron chi connectivity index (χ1n) is 5.87. The molecule has 1 N–H and O–H groups in total. The molecule has 2 fully saturated rings. The molecule has 0 radical (unpaired) electrons. The number of halogens is 3. The summed E-state index contributed by atoms with van der Waals surface area (Å²) in [7, 11) is 0. The van der Waals surface area contributed by atoms with Crippen molar-refractivity contribution in [2.45, 2.75) is 50.7 Å². The van der Waals surface area contributed by atoms with E-state index in [2.05, 4.69) is 5.32 Å². The molecular formula is C11H18F3N. The summed E-state index contributed by atoms with van der Waals surface area (Å²) in [5, 5.41) is 3.26. The van der Waals surface area contributed by atoms with E-state index in [0.29, 0.717) is 18.9 Å². The van der Waals surface area contributed by atoms with Crippen molar-refractivity contribution in [2.75, 3.05) is 6.54 Å². The molecule has 15 heavy (non-hydrogen) atoms. The van der Waals surface area contributed by atoms with Gasteiger partial charge in [-0.2, -0.15) is 13.2 Å². The van der Waals surface area contributed by atoms with Crippen molar-refractivity contribution in [3.8, 4) is 0 Å². The summed E-state index contributed by atoms with van der Waals surface area (Å²) in [6.07, 6.45) is 1.18. The van der Waals surface area contributed by atoms with Crippen LogP contribution in [-0.4, -0.2) is 18.8 Å². The molecule has 2 atom stereocenters. The minimum Gasteiger partial charge on any atom is -0.314 e. The Labute approximate surface area is 88.4 Å². The SMILES string of the molecule is FC(F)(F)C1CCNC(C2CCCC2)C1. The molecule has 1 saturated heterocycles. The minimum absolute atomic E-state index is 0.118. The second-order valence-electron chi connectivity index (χ2n) is 4.87. The normalized spacial score (nSPS) is 34.6. The lowest BCUT2D eigenvalue weighted by molar-refractivity contribution is -0.184. The van der Waals surface area contributed by atoms with Gasteiger partial charge in [0.15, 0.2) is 0 Å². The van der Waals surface area contributed by atoms with Crippen LogP contribution in [0.5, 0.6) is 0 Å². The van der Waals surface area contributed by atoms with Gasteiger partial charge in [-0.3, -0.25) is 0 Å². The zero-order chi connectivity index (χ0) is 10.9. The fourth-order valence-electron chi connectivity index (χ4n) is 2.97. The van der Waals surface area contributed by atoms with E-state index in [0.717, 1.165) is 12.8 Å². The highest BCUT2D eigenvalue weighted by Gasteiger charge is 2.43. The quantitative estimate of drug-likeness (QED) is 0.717. The maximum absolute atomic E-state index is 12.6. The van der Waals surface area contributed by atoms with Crippen LogP contribution in [0.15, 0.2) is 0 Å². The lowest BCUT2D eigenvalue weighted by Gasteiger charge is -2.34. The van der Waals surface area contributed by atoms with E-state index in [1.165, 1.54) is 12.8 Å². The zero-order valence-corrected chi connectivity index (χ0v) is 8.82. The highest BCUT2D eigenvalue weighted by molar-refractivity contribution is 4.88. The van der Waals surface area contributed by atoms with Crippen molar-refractivity contribution in [1.82, 2.24) is 5.32 Å². The topological polar surface area (TPSA) is 12.0 Å². The Morgan fingerprint density at radius 2 is 1.67 bits per heavy atom. The van der Waals surface area contributed by atoms with E-state index < -0.39 is 12.1 Å². The summed E-state index contributed by atoms with van der Waals surface area (Å²) in [4.78, 5) is 0. The van der Waals surface area contributed by atoms with Gasteiger partial charge in [-0.25, -0.2) is 0 Å². The van der Waals surface area contributed by atoms with Crippen molar-refractivity contribution in [3.05, 3.63) is 0 Å². The number of piperidine rings is 1. The first-order valence-corrected chi connectivity index (χ1v) is 5.87. The zero-order valence-electron chi connectivity index (χ0n) is 8.82. The predicted molar refractivity (Wildman–Crippen MR) is 52.5 cm³/mol. The van der Waals surface area contributed by atoms with Gasteiger partial charge in [0.25, 0.3) is 0 Å². The molecule has 0 aromatic rings. The van der Waals surface area contributed by atoms with E-state index in [9.17, 15) is 13.2 Å². The van der Waals surface area contributed by atoms with Crippen molar-refractivity contribution >= 4 is 0 Å². The van der Waals surface area contributed by atoms with Gasteiger partial charge < -0.3 is 5.32 Å². The van der Waals surface area contributed by atoms with Crippen molar-refractivity contribution < 1.29 is 13.2 Å². The van der Waals surface area contributed by atoms with E-state index in [-0.39, 0.29) is 12.5 Å². The van der Waals surface area contributed by atoms with Crippen LogP contribution in [-0.2, 0) is 0 Å². The molecule has 2 aliphatic rings. The fraction of sp³-hybridized carbons (Fsp3) is 1.00. The van der Waals surface area contributed by atoms with Gasteiger partial charge in [-0.1, -0.05) is 12.8 Å². The molecule has 0 bridgehead atoms. The van der Waals surface area contributed by atoms with Crippen LogP contribution in [0.2, 0.25) is 0 Å². The molecule has 1 aliphatic heterocycles. The van der Waals surface area contributed by atoms with Gasteiger partial charge in [-0.05, 0) is 38.1 Å². The summed E-state index contributed by atoms with van der Waals surface area (Å²) in [5.74, 6) is -0.570. The Morgan fingerprint density at radius 1 is 1.00 bits per heavy atom.